The van der Waals surface area contributed by atoms with Gasteiger partial charge in [-0.25, -0.2) is 0 Å². The number of aliphatic hydroxyl groups is 1. The third-order valence-electron chi connectivity index (χ3n) is 4.04. The number of hydrogen-bond acceptors (Lipinski definition) is 3. The second-order valence-electron chi connectivity index (χ2n) is 6.68. The van der Waals surface area contributed by atoms with Crippen molar-refractivity contribution in [3.8, 4) is 0 Å². The first kappa shape index (κ1) is 17.0. The van der Waals surface area contributed by atoms with Gasteiger partial charge in [0, 0.05) is 18.7 Å². The van der Waals surface area contributed by atoms with Gasteiger partial charge in [-0.3, -0.25) is 9.69 Å². The van der Waals surface area contributed by atoms with E-state index in [-0.39, 0.29) is 5.91 Å². The van der Waals surface area contributed by atoms with Gasteiger partial charge in [-0.15, -0.1) is 0 Å². The lowest BCUT2D eigenvalue weighted by Crippen LogP contribution is -2.32. The molecule has 1 amide bonds. The van der Waals surface area contributed by atoms with Crippen LogP contribution in [0.2, 0.25) is 0 Å². The molecule has 1 aliphatic heterocycles. The van der Waals surface area contributed by atoms with Crippen LogP contribution in [0, 0.1) is 5.92 Å². The SMILES string of the molecule is CC(C)CC(O)CNC(=O)c1cccc(CN2CCCC2)c1. The number of benzene rings is 1. The maximum Gasteiger partial charge on any atom is 0.251 e. The first-order valence-corrected chi connectivity index (χ1v) is 8.32. The lowest BCUT2D eigenvalue weighted by molar-refractivity contribution is 0.0900. The molecule has 1 aromatic rings. The van der Waals surface area contributed by atoms with Gasteiger partial charge in [0.1, 0.15) is 0 Å². The monoisotopic (exact) mass is 304 g/mol. The molecule has 0 aliphatic carbocycles. The zero-order chi connectivity index (χ0) is 15.9. The standard InChI is InChI=1S/C18H28N2O2/c1-14(2)10-17(21)12-19-18(22)16-7-5-6-15(11-16)13-20-8-3-4-9-20/h5-7,11,14,17,21H,3-4,8-10,12-13H2,1-2H3,(H,19,22). The molecule has 4 heteroatoms. The number of carbonyl (C=O) groups excluding carboxylic acids is 1. The molecule has 0 aromatic heterocycles. The van der Waals surface area contributed by atoms with E-state index in [9.17, 15) is 9.90 Å². The number of aliphatic hydroxyl groups excluding tert-OH is 1. The van der Waals surface area contributed by atoms with E-state index in [1.807, 2.05) is 18.2 Å². The molecule has 1 aromatic carbocycles. The van der Waals surface area contributed by atoms with Gasteiger partial charge < -0.3 is 10.4 Å². The molecule has 1 unspecified atom stereocenters. The van der Waals surface area contributed by atoms with E-state index in [0.29, 0.717) is 24.4 Å². The number of nitrogens with zero attached hydrogens (tertiary/aromatic N) is 1. The molecule has 0 bridgehead atoms. The van der Waals surface area contributed by atoms with Crippen LogP contribution in [0.4, 0.5) is 0 Å². The molecule has 1 aliphatic rings. The topological polar surface area (TPSA) is 52.6 Å². The lowest BCUT2D eigenvalue weighted by atomic mass is 10.1. The van der Waals surface area contributed by atoms with Crippen molar-refractivity contribution in [3.63, 3.8) is 0 Å². The van der Waals surface area contributed by atoms with Gasteiger partial charge in [-0.05, 0) is 56.0 Å². The third-order valence-corrected chi connectivity index (χ3v) is 4.04. The maximum absolute atomic E-state index is 12.2. The quantitative estimate of drug-likeness (QED) is 0.813. The molecule has 2 rings (SSSR count). The minimum atomic E-state index is -0.475. The molecule has 22 heavy (non-hydrogen) atoms. The highest BCUT2D eigenvalue weighted by Crippen LogP contribution is 2.14. The van der Waals surface area contributed by atoms with E-state index in [4.69, 9.17) is 0 Å². The summed E-state index contributed by atoms with van der Waals surface area (Å²) in [6, 6.07) is 7.80. The summed E-state index contributed by atoms with van der Waals surface area (Å²) in [5.74, 6) is 0.321. The summed E-state index contributed by atoms with van der Waals surface area (Å²) in [5.41, 5.74) is 1.85. The fraction of sp³-hybridized carbons (Fsp3) is 0.611. The van der Waals surface area contributed by atoms with Crippen LogP contribution in [0.25, 0.3) is 0 Å². The van der Waals surface area contributed by atoms with E-state index >= 15 is 0 Å². The molecule has 1 atom stereocenters. The highest BCUT2D eigenvalue weighted by molar-refractivity contribution is 5.94. The Morgan fingerprint density at radius 2 is 2.05 bits per heavy atom. The summed E-state index contributed by atoms with van der Waals surface area (Å²) in [4.78, 5) is 14.6. The Morgan fingerprint density at radius 3 is 2.73 bits per heavy atom. The van der Waals surface area contributed by atoms with E-state index in [2.05, 4.69) is 30.1 Å². The molecule has 0 radical (unpaired) electrons. The Balaban J connectivity index is 1.86. The minimum Gasteiger partial charge on any atom is -0.391 e. The van der Waals surface area contributed by atoms with E-state index in [0.717, 1.165) is 19.6 Å². The maximum atomic E-state index is 12.2. The van der Waals surface area contributed by atoms with E-state index in [1.54, 1.807) is 0 Å². The molecule has 1 heterocycles. The van der Waals surface area contributed by atoms with Crippen molar-refractivity contribution in [2.45, 2.75) is 45.8 Å². The van der Waals surface area contributed by atoms with Crippen LogP contribution in [0.15, 0.2) is 24.3 Å². The van der Waals surface area contributed by atoms with Crippen LogP contribution < -0.4 is 5.32 Å². The van der Waals surface area contributed by atoms with Crippen LogP contribution in [0.5, 0.6) is 0 Å². The first-order chi connectivity index (χ1) is 10.5. The zero-order valence-electron chi connectivity index (χ0n) is 13.7. The second-order valence-corrected chi connectivity index (χ2v) is 6.68. The highest BCUT2D eigenvalue weighted by atomic mass is 16.3. The van der Waals surface area contributed by atoms with Crippen LogP contribution in [0.3, 0.4) is 0 Å². The Labute approximate surface area is 133 Å². The van der Waals surface area contributed by atoms with Crippen LogP contribution in [-0.4, -0.2) is 41.7 Å². The van der Waals surface area contributed by atoms with Gasteiger partial charge in [0.05, 0.1) is 6.10 Å². The minimum absolute atomic E-state index is 0.105. The average molecular weight is 304 g/mol. The first-order valence-electron chi connectivity index (χ1n) is 8.32. The molecule has 2 N–H and O–H groups in total. The number of rotatable bonds is 7. The van der Waals surface area contributed by atoms with Crippen LogP contribution in [0.1, 0.15) is 49.0 Å². The zero-order valence-corrected chi connectivity index (χ0v) is 13.7. The molecule has 0 spiro atoms. The fourth-order valence-electron chi connectivity index (χ4n) is 2.95. The van der Waals surface area contributed by atoms with Gasteiger partial charge in [-0.2, -0.15) is 0 Å². The average Bonchev–Trinajstić information content (AvgIpc) is 2.97. The molecular formula is C18H28N2O2. The molecular weight excluding hydrogens is 276 g/mol. The van der Waals surface area contributed by atoms with Crippen molar-refractivity contribution in [2.24, 2.45) is 5.92 Å². The molecule has 1 saturated heterocycles. The van der Waals surface area contributed by atoms with Gasteiger partial charge >= 0.3 is 0 Å². The summed E-state index contributed by atoms with van der Waals surface area (Å²) in [7, 11) is 0. The Morgan fingerprint density at radius 1 is 1.32 bits per heavy atom. The molecule has 4 nitrogen and oxygen atoms in total. The van der Waals surface area contributed by atoms with Crippen molar-refractivity contribution in [2.75, 3.05) is 19.6 Å². The summed E-state index contributed by atoms with van der Waals surface area (Å²) in [5, 5.41) is 12.7. The fourth-order valence-corrected chi connectivity index (χ4v) is 2.95. The van der Waals surface area contributed by atoms with Gasteiger partial charge in [0.15, 0.2) is 0 Å². The van der Waals surface area contributed by atoms with Crippen molar-refractivity contribution in [3.05, 3.63) is 35.4 Å². The van der Waals surface area contributed by atoms with Crippen molar-refractivity contribution >= 4 is 5.91 Å². The second kappa shape index (κ2) is 8.30. The van der Waals surface area contributed by atoms with Crippen molar-refractivity contribution in [1.82, 2.24) is 10.2 Å². The van der Waals surface area contributed by atoms with Gasteiger partial charge in [0.2, 0.25) is 0 Å². The summed E-state index contributed by atoms with van der Waals surface area (Å²) < 4.78 is 0. The number of amides is 1. The molecule has 0 saturated carbocycles. The van der Waals surface area contributed by atoms with E-state index < -0.39 is 6.10 Å². The summed E-state index contributed by atoms with van der Waals surface area (Å²) >= 11 is 0. The van der Waals surface area contributed by atoms with Crippen molar-refractivity contribution < 1.29 is 9.90 Å². The number of likely N-dealkylation sites (tertiary alicyclic amines) is 1. The number of carbonyl (C=O) groups is 1. The lowest BCUT2D eigenvalue weighted by Gasteiger charge is -2.16. The normalized spacial score (nSPS) is 16.9. The molecule has 122 valence electrons. The van der Waals surface area contributed by atoms with Gasteiger partial charge in [0.25, 0.3) is 5.91 Å². The van der Waals surface area contributed by atoms with Gasteiger partial charge in [-0.1, -0.05) is 26.0 Å². The predicted molar refractivity (Wildman–Crippen MR) is 88.7 cm³/mol. The highest BCUT2D eigenvalue weighted by Gasteiger charge is 2.14. The summed E-state index contributed by atoms with van der Waals surface area (Å²) in [6.07, 6.45) is 2.77. The number of nitrogens with one attached hydrogen (secondary N) is 1. The largest absolute Gasteiger partial charge is 0.391 e. The Hall–Kier alpha value is -1.39. The summed E-state index contributed by atoms with van der Waals surface area (Å²) in [6.45, 7) is 7.65. The van der Waals surface area contributed by atoms with Crippen LogP contribution in [-0.2, 0) is 6.54 Å². The van der Waals surface area contributed by atoms with Crippen molar-refractivity contribution in [1.29, 1.82) is 0 Å². The van der Waals surface area contributed by atoms with Crippen LogP contribution >= 0.6 is 0 Å². The molecule has 1 fully saturated rings. The Kier molecular flexibility index (Phi) is 6.40. The third kappa shape index (κ3) is 5.43. The Bertz CT molecular complexity index is 482. The smallest absolute Gasteiger partial charge is 0.251 e. The van der Waals surface area contributed by atoms with E-state index in [1.165, 1.54) is 18.4 Å². The predicted octanol–water partition coefficient (Wildman–Crippen LogP) is 2.42. The number of hydrogen-bond donors (Lipinski definition) is 2.